The average Bonchev–Trinajstić information content (AvgIpc) is 3.34. The lowest BCUT2D eigenvalue weighted by Crippen LogP contribution is -2.25. The van der Waals surface area contributed by atoms with Crippen molar-refractivity contribution in [3.05, 3.63) is 72.2 Å². The Labute approximate surface area is 154 Å². The van der Waals surface area contributed by atoms with E-state index in [1.54, 1.807) is 6.20 Å². The zero-order valence-electron chi connectivity index (χ0n) is 14.8. The van der Waals surface area contributed by atoms with Gasteiger partial charge < -0.3 is 10.1 Å². The van der Waals surface area contributed by atoms with Crippen molar-refractivity contribution in [2.24, 2.45) is 0 Å². The van der Waals surface area contributed by atoms with Crippen LogP contribution in [-0.2, 0) is 17.8 Å². The second-order valence-electron chi connectivity index (χ2n) is 6.69. The second kappa shape index (κ2) is 8.25. The van der Waals surface area contributed by atoms with E-state index < -0.39 is 0 Å². The topological polar surface area (TPSA) is 52.0 Å². The smallest absolute Gasteiger partial charge is 0.0983 e. The van der Waals surface area contributed by atoms with Crippen LogP contribution in [0.15, 0.2) is 61.1 Å². The number of nitrogens with zero attached hydrogens (tertiary/aromatic N) is 3. The Balaban J connectivity index is 1.52. The van der Waals surface area contributed by atoms with Gasteiger partial charge in [-0.25, -0.2) is 0 Å². The molecule has 5 nitrogen and oxygen atoms in total. The number of pyridine rings is 1. The maximum Gasteiger partial charge on any atom is 0.0983 e. The van der Waals surface area contributed by atoms with Crippen LogP contribution in [0, 0.1) is 0 Å². The second-order valence-corrected chi connectivity index (χ2v) is 6.69. The molecule has 4 rings (SSSR count). The molecule has 0 spiro atoms. The van der Waals surface area contributed by atoms with Crippen LogP contribution in [0.5, 0.6) is 0 Å². The molecular formula is C21H24N4O. The fraction of sp³-hybridized carbons (Fsp3) is 0.333. The Kier molecular flexibility index (Phi) is 5.38. The van der Waals surface area contributed by atoms with Crippen LogP contribution in [0.4, 0.5) is 0 Å². The first kappa shape index (κ1) is 16.9. The summed E-state index contributed by atoms with van der Waals surface area (Å²) in [6, 6.07) is 14.4. The van der Waals surface area contributed by atoms with E-state index >= 15 is 0 Å². The molecule has 26 heavy (non-hydrogen) atoms. The fourth-order valence-corrected chi connectivity index (χ4v) is 3.36. The third-order valence-electron chi connectivity index (χ3n) is 4.67. The minimum Gasteiger partial charge on any atom is -0.377 e. The van der Waals surface area contributed by atoms with E-state index in [0.717, 1.165) is 43.9 Å². The summed E-state index contributed by atoms with van der Waals surface area (Å²) in [5.41, 5.74) is 4.47. The fourth-order valence-electron chi connectivity index (χ4n) is 3.36. The van der Waals surface area contributed by atoms with E-state index in [9.17, 15) is 0 Å². The highest BCUT2D eigenvalue weighted by atomic mass is 16.5. The molecule has 0 amide bonds. The van der Waals surface area contributed by atoms with Crippen molar-refractivity contribution in [1.82, 2.24) is 20.1 Å². The minimum absolute atomic E-state index is 0.344. The van der Waals surface area contributed by atoms with Crippen molar-refractivity contribution >= 4 is 0 Å². The van der Waals surface area contributed by atoms with Gasteiger partial charge in [0.25, 0.3) is 0 Å². The summed E-state index contributed by atoms with van der Waals surface area (Å²) < 4.78 is 7.71. The van der Waals surface area contributed by atoms with Crippen molar-refractivity contribution in [1.29, 1.82) is 0 Å². The maximum absolute atomic E-state index is 5.70. The van der Waals surface area contributed by atoms with Crippen LogP contribution in [0.3, 0.4) is 0 Å². The Morgan fingerprint density at radius 3 is 2.85 bits per heavy atom. The summed E-state index contributed by atoms with van der Waals surface area (Å²) in [7, 11) is 0. The Morgan fingerprint density at radius 1 is 1.15 bits per heavy atom. The van der Waals surface area contributed by atoms with Gasteiger partial charge in [-0.15, -0.1) is 0 Å². The predicted octanol–water partition coefficient (Wildman–Crippen LogP) is 3.26. The van der Waals surface area contributed by atoms with Crippen molar-refractivity contribution in [2.45, 2.75) is 32.0 Å². The summed E-state index contributed by atoms with van der Waals surface area (Å²) in [5, 5.41) is 8.36. The number of hydrogen-bond acceptors (Lipinski definition) is 4. The SMILES string of the molecule is c1ccc(Cn2cc(CNC[C@H]3CCCO3)c(-c3cccnc3)n2)cc1. The van der Waals surface area contributed by atoms with Gasteiger partial charge in [0.2, 0.25) is 0 Å². The van der Waals surface area contributed by atoms with E-state index in [-0.39, 0.29) is 0 Å². The van der Waals surface area contributed by atoms with E-state index in [1.165, 1.54) is 17.5 Å². The van der Waals surface area contributed by atoms with Gasteiger partial charge in [-0.3, -0.25) is 9.67 Å². The molecule has 1 aliphatic heterocycles. The zero-order valence-corrected chi connectivity index (χ0v) is 14.8. The summed E-state index contributed by atoms with van der Waals surface area (Å²) in [5.74, 6) is 0. The Bertz CT molecular complexity index is 811. The van der Waals surface area contributed by atoms with Gasteiger partial charge in [0.05, 0.1) is 18.3 Å². The van der Waals surface area contributed by atoms with Gasteiger partial charge in [0.1, 0.15) is 0 Å². The maximum atomic E-state index is 5.70. The van der Waals surface area contributed by atoms with Crippen LogP contribution < -0.4 is 5.32 Å². The van der Waals surface area contributed by atoms with Gasteiger partial charge >= 0.3 is 0 Å². The highest BCUT2D eigenvalue weighted by Gasteiger charge is 2.16. The van der Waals surface area contributed by atoms with E-state index in [2.05, 4.69) is 46.8 Å². The minimum atomic E-state index is 0.344. The van der Waals surface area contributed by atoms with Gasteiger partial charge in [-0.2, -0.15) is 5.10 Å². The molecule has 134 valence electrons. The highest BCUT2D eigenvalue weighted by Crippen LogP contribution is 2.22. The number of ether oxygens (including phenoxy) is 1. The molecule has 1 saturated heterocycles. The number of rotatable bonds is 7. The molecule has 0 bridgehead atoms. The zero-order chi connectivity index (χ0) is 17.6. The van der Waals surface area contributed by atoms with E-state index in [0.29, 0.717) is 6.10 Å². The Morgan fingerprint density at radius 2 is 2.08 bits per heavy atom. The lowest BCUT2D eigenvalue weighted by molar-refractivity contribution is 0.110. The molecule has 1 atom stereocenters. The molecule has 0 unspecified atom stereocenters. The van der Waals surface area contributed by atoms with Gasteiger partial charge in [0.15, 0.2) is 0 Å². The quantitative estimate of drug-likeness (QED) is 0.712. The molecule has 2 aromatic heterocycles. The van der Waals surface area contributed by atoms with Crippen LogP contribution in [-0.4, -0.2) is 34.0 Å². The summed E-state index contributed by atoms with van der Waals surface area (Å²) in [6.07, 6.45) is 8.46. The molecule has 0 saturated carbocycles. The molecule has 3 aromatic rings. The highest BCUT2D eigenvalue weighted by molar-refractivity contribution is 5.61. The number of aromatic nitrogens is 3. The first-order valence-corrected chi connectivity index (χ1v) is 9.21. The Hall–Kier alpha value is -2.50. The third-order valence-corrected chi connectivity index (χ3v) is 4.67. The molecule has 0 radical (unpaired) electrons. The van der Waals surface area contributed by atoms with Crippen molar-refractivity contribution in [2.75, 3.05) is 13.2 Å². The molecule has 1 N–H and O–H groups in total. The lowest BCUT2D eigenvalue weighted by atomic mass is 10.1. The molecular weight excluding hydrogens is 324 g/mol. The molecule has 0 aliphatic carbocycles. The largest absolute Gasteiger partial charge is 0.377 e. The van der Waals surface area contributed by atoms with Gasteiger partial charge in [-0.1, -0.05) is 30.3 Å². The molecule has 5 heteroatoms. The number of hydrogen-bond donors (Lipinski definition) is 1. The van der Waals surface area contributed by atoms with E-state index in [4.69, 9.17) is 9.84 Å². The average molecular weight is 348 g/mol. The molecule has 1 aliphatic rings. The molecule has 1 fully saturated rings. The van der Waals surface area contributed by atoms with Crippen LogP contribution in [0.2, 0.25) is 0 Å². The summed E-state index contributed by atoms with van der Waals surface area (Å²) in [4.78, 5) is 4.25. The van der Waals surface area contributed by atoms with Crippen molar-refractivity contribution < 1.29 is 4.74 Å². The lowest BCUT2D eigenvalue weighted by Gasteiger charge is -2.10. The monoisotopic (exact) mass is 348 g/mol. The standard InChI is InChI=1S/C21H24N4O/c1-2-6-17(7-3-1)15-25-16-19(13-23-14-20-9-5-11-26-20)21(24-25)18-8-4-10-22-12-18/h1-4,6-8,10,12,16,20,23H,5,9,11,13-15H2/t20-/m1/s1. The first-order valence-electron chi connectivity index (χ1n) is 9.21. The third kappa shape index (κ3) is 4.18. The summed E-state index contributed by atoms with van der Waals surface area (Å²) in [6.45, 7) is 3.32. The van der Waals surface area contributed by atoms with Crippen LogP contribution >= 0.6 is 0 Å². The van der Waals surface area contributed by atoms with Crippen LogP contribution in [0.25, 0.3) is 11.3 Å². The number of benzene rings is 1. The first-order chi connectivity index (χ1) is 12.9. The normalized spacial score (nSPS) is 16.8. The molecule has 3 heterocycles. The molecule has 1 aromatic carbocycles. The van der Waals surface area contributed by atoms with E-state index in [1.807, 2.05) is 23.0 Å². The van der Waals surface area contributed by atoms with Gasteiger partial charge in [-0.05, 0) is 30.5 Å². The summed E-state index contributed by atoms with van der Waals surface area (Å²) >= 11 is 0. The number of nitrogens with one attached hydrogen (secondary N) is 1. The predicted molar refractivity (Wildman–Crippen MR) is 102 cm³/mol. The van der Waals surface area contributed by atoms with Crippen LogP contribution in [0.1, 0.15) is 24.0 Å². The van der Waals surface area contributed by atoms with Crippen molar-refractivity contribution in [3.63, 3.8) is 0 Å². The van der Waals surface area contributed by atoms with Gasteiger partial charge in [0, 0.05) is 49.4 Å². The van der Waals surface area contributed by atoms with Crippen molar-refractivity contribution in [3.8, 4) is 11.3 Å².